The normalized spacial score (nSPS) is 11.1. The highest BCUT2D eigenvalue weighted by Crippen LogP contribution is 2.14. The molecule has 1 aromatic heterocycles. The van der Waals surface area contributed by atoms with Crippen LogP contribution in [0.25, 0.3) is 0 Å². The summed E-state index contributed by atoms with van der Waals surface area (Å²) in [5.41, 5.74) is -0.169. The van der Waals surface area contributed by atoms with Gasteiger partial charge in [-0.1, -0.05) is 30.3 Å². The molecule has 0 saturated heterocycles. The van der Waals surface area contributed by atoms with Crippen molar-refractivity contribution in [3.8, 4) is 5.88 Å². The van der Waals surface area contributed by atoms with E-state index < -0.39 is 22.9 Å². The van der Waals surface area contributed by atoms with Crippen LogP contribution in [0.5, 0.6) is 5.88 Å². The number of H-pyrrole nitrogens is 1. The lowest BCUT2D eigenvalue weighted by atomic mass is 10.1. The number of nitrogens with zero attached hydrogens (tertiary/aromatic N) is 2. The third-order valence-electron chi connectivity index (χ3n) is 3.84. The Morgan fingerprint density at radius 2 is 1.77 bits per heavy atom. The van der Waals surface area contributed by atoms with Gasteiger partial charge in [0, 0.05) is 12.8 Å². The van der Waals surface area contributed by atoms with Crippen molar-refractivity contribution in [3.63, 3.8) is 0 Å². The Kier molecular flexibility index (Phi) is 5.07. The molecule has 2 aromatic carbocycles. The average Bonchev–Trinajstić information content (AvgIpc) is 2.63. The first-order chi connectivity index (χ1) is 12.5. The second-order valence-corrected chi connectivity index (χ2v) is 5.62. The quantitative estimate of drug-likeness (QED) is 0.691. The van der Waals surface area contributed by atoms with Crippen LogP contribution in [-0.4, -0.2) is 20.9 Å². The van der Waals surface area contributed by atoms with Crippen LogP contribution in [0.3, 0.4) is 0 Å². The van der Waals surface area contributed by atoms with E-state index in [4.69, 9.17) is 0 Å². The van der Waals surface area contributed by atoms with Crippen LogP contribution in [0.15, 0.2) is 69.2 Å². The molecule has 0 amide bonds. The third kappa shape index (κ3) is 3.94. The van der Waals surface area contributed by atoms with E-state index in [1.54, 1.807) is 0 Å². The highest BCUT2D eigenvalue weighted by molar-refractivity contribution is 5.83. The molecule has 0 aliphatic carbocycles. The molecule has 132 valence electrons. The van der Waals surface area contributed by atoms with Crippen molar-refractivity contribution < 1.29 is 9.50 Å². The molecule has 0 fully saturated rings. The van der Waals surface area contributed by atoms with Crippen molar-refractivity contribution >= 4 is 11.9 Å². The molecule has 0 radical (unpaired) electrons. The van der Waals surface area contributed by atoms with E-state index in [0.29, 0.717) is 12.1 Å². The summed E-state index contributed by atoms with van der Waals surface area (Å²) < 4.78 is 14.0. The molecule has 0 spiro atoms. The minimum absolute atomic E-state index is 0.137. The van der Waals surface area contributed by atoms with Crippen LogP contribution >= 0.6 is 0 Å². The van der Waals surface area contributed by atoms with E-state index in [1.165, 1.54) is 24.3 Å². The zero-order valence-electron chi connectivity index (χ0n) is 13.7. The Morgan fingerprint density at radius 3 is 2.46 bits per heavy atom. The lowest BCUT2D eigenvalue weighted by molar-refractivity contribution is 0.399. The number of aryl methyl sites for hydroxylation is 1. The standard InChI is InChI=1S/C19H16FN3O3/c20-14-6-8-15(9-7-14)21-12-16-17(24)22-19(26)23(18(16)25)11-10-13-4-2-1-3-5-13/h1-9,12,25H,10-11H2,(H,22,24,26). The van der Waals surface area contributed by atoms with E-state index in [2.05, 4.69) is 9.98 Å². The van der Waals surface area contributed by atoms with E-state index in [0.717, 1.165) is 16.3 Å². The fraction of sp³-hybridized carbons (Fsp3) is 0.105. The fourth-order valence-corrected chi connectivity index (χ4v) is 2.45. The SMILES string of the molecule is O=c1[nH]c(=O)n(CCc2ccccc2)c(O)c1C=Nc1ccc(F)cc1. The van der Waals surface area contributed by atoms with Crippen molar-refractivity contribution in [1.82, 2.24) is 9.55 Å². The third-order valence-corrected chi connectivity index (χ3v) is 3.84. The summed E-state index contributed by atoms with van der Waals surface area (Å²) in [5.74, 6) is -0.861. The van der Waals surface area contributed by atoms with Gasteiger partial charge in [-0.15, -0.1) is 0 Å². The summed E-state index contributed by atoms with van der Waals surface area (Å²) in [7, 11) is 0. The average molecular weight is 353 g/mol. The Bertz CT molecular complexity index is 1040. The molecule has 6 nitrogen and oxygen atoms in total. The van der Waals surface area contributed by atoms with Gasteiger partial charge in [0.15, 0.2) is 0 Å². The van der Waals surface area contributed by atoms with Gasteiger partial charge in [0.1, 0.15) is 11.4 Å². The lowest BCUT2D eigenvalue weighted by Gasteiger charge is -2.09. The second kappa shape index (κ2) is 7.60. The first-order valence-corrected chi connectivity index (χ1v) is 7.94. The number of halogens is 1. The van der Waals surface area contributed by atoms with Gasteiger partial charge in [0.2, 0.25) is 5.88 Å². The van der Waals surface area contributed by atoms with Gasteiger partial charge in [-0.3, -0.25) is 19.3 Å². The molecule has 0 unspecified atom stereocenters. The van der Waals surface area contributed by atoms with Crippen molar-refractivity contribution in [3.05, 3.63) is 92.4 Å². The molecule has 26 heavy (non-hydrogen) atoms. The molecule has 3 rings (SSSR count). The number of aromatic amines is 1. The van der Waals surface area contributed by atoms with E-state index in [1.807, 2.05) is 30.3 Å². The number of aromatic nitrogens is 2. The highest BCUT2D eigenvalue weighted by atomic mass is 19.1. The van der Waals surface area contributed by atoms with Gasteiger partial charge in [0.25, 0.3) is 5.56 Å². The van der Waals surface area contributed by atoms with Gasteiger partial charge < -0.3 is 5.11 Å². The second-order valence-electron chi connectivity index (χ2n) is 5.62. The Labute approximate surface area is 147 Å². The number of aliphatic imine (C=N–C) groups is 1. The molecule has 1 heterocycles. The van der Waals surface area contributed by atoms with Gasteiger partial charge >= 0.3 is 5.69 Å². The van der Waals surface area contributed by atoms with Crippen LogP contribution < -0.4 is 11.2 Å². The number of rotatable bonds is 5. The molecule has 2 N–H and O–H groups in total. The maximum Gasteiger partial charge on any atom is 0.331 e. The Balaban J connectivity index is 1.90. The molecule has 0 saturated carbocycles. The number of nitrogens with one attached hydrogen (secondary N) is 1. The topological polar surface area (TPSA) is 87.5 Å². The van der Waals surface area contributed by atoms with Crippen LogP contribution in [0.1, 0.15) is 11.1 Å². The van der Waals surface area contributed by atoms with Crippen LogP contribution in [0.2, 0.25) is 0 Å². The minimum atomic E-state index is -0.741. The van der Waals surface area contributed by atoms with Gasteiger partial charge in [0.05, 0.1) is 5.69 Å². The number of benzene rings is 2. The summed E-state index contributed by atoms with van der Waals surface area (Å²) in [6.45, 7) is 0.197. The first kappa shape index (κ1) is 17.3. The molecular formula is C19H16FN3O3. The molecular weight excluding hydrogens is 337 g/mol. The summed E-state index contributed by atoms with van der Waals surface area (Å²) in [5, 5.41) is 10.3. The minimum Gasteiger partial charge on any atom is -0.494 e. The fourth-order valence-electron chi connectivity index (χ4n) is 2.45. The maximum absolute atomic E-state index is 12.9. The van der Waals surface area contributed by atoms with Crippen LogP contribution in [-0.2, 0) is 13.0 Å². The molecule has 0 bridgehead atoms. The van der Waals surface area contributed by atoms with Gasteiger partial charge in [-0.2, -0.15) is 0 Å². The summed E-state index contributed by atoms with van der Waals surface area (Å²) in [6.07, 6.45) is 1.66. The van der Waals surface area contributed by atoms with E-state index in [-0.39, 0.29) is 12.1 Å². The van der Waals surface area contributed by atoms with Gasteiger partial charge in [-0.25, -0.2) is 9.18 Å². The smallest absolute Gasteiger partial charge is 0.331 e. The number of hydrogen-bond donors (Lipinski definition) is 2. The van der Waals surface area contributed by atoms with E-state index in [9.17, 15) is 19.1 Å². The van der Waals surface area contributed by atoms with Crippen molar-refractivity contribution in [2.24, 2.45) is 4.99 Å². The zero-order chi connectivity index (χ0) is 18.5. The van der Waals surface area contributed by atoms with E-state index >= 15 is 0 Å². The summed E-state index contributed by atoms with van der Waals surface area (Å²) >= 11 is 0. The monoisotopic (exact) mass is 353 g/mol. The predicted octanol–water partition coefficient (Wildman–Crippen LogP) is 2.37. The Hall–Kier alpha value is -3.48. The van der Waals surface area contributed by atoms with Crippen molar-refractivity contribution in [2.45, 2.75) is 13.0 Å². The molecule has 0 aliphatic rings. The first-order valence-electron chi connectivity index (χ1n) is 7.94. The highest BCUT2D eigenvalue weighted by Gasteiger charge is 2.12. The molecule has 0 atom stereocenters. The van der Waals surface area contributed by atoms with Crippen LogP contribution in [0.4, 0.5) is 10.1 Å². The van der Waals surface area contributed by atoms with Crippen molar-refractivity contribution in [2.75, 3.05) is 0 Å². The van der Waals surface area contributed by atoms with Crippen molar-refractivity contribution in [1.29, 1.82) is 0 Å². The predicted molar refractivity (Wildman–Crippen MR) is 96.8 cm³/mol. The number of hydrogen-bond acceptors (Lipinski definition) is 4. The lowest BCUT2D eigenvalue weighted by Crippen LogP contribution is -2.32. The number of aromatic hydroxyl groups is 1. The molecule has 0 aliphatic heterocycles. The summed E-state index contributed by atoms with van der Waals surface area (Å²) in [6, 6.07) is 14.8. The largest absolute Gasteiger partial charge is 0.494 e. The van der Waals surface area contributed by atoms with Crippen LogP contribution in [0, 0.1) is 5.82 Å². The zero-order valence-corrected chi connectivity index (χ0v) is 13.7. The Morgan fingerprint density at radius 1 is 1.08 bits per heavy atom. The van der Waals surface area contributed by atoms with Gasteiger partial charge in [-0.05, 0) is 36.2 Å². The molecule has 3 aromatic rings. The summed E-state index contributed by atoms with van der Waals surface area (Å²) in [4.78, 5) is 30.2. The maximum atomic E-state index is 12.9. The molecule has 7 heteroatoms.